The first-order valence-electron chi connectivity index (χ1n) is 10.6. The van der Waals surface area contributed by atoms with E-state index in [4.69, 9.17) is 4.52 Å². The van der Waals surface area contributed by atoms with E-state index >= 15 is 0 Å². The third-order valence-electron chi connectivity index (χ3n) is 5.92. The summed E-state index contributed by atoms with van der Waals surface area (Å²) in [5.74, 6) is 0.555. The molecule has 2 heterocycles. The van der Waals surface area contributed by atoms with Crippen molar-refractivity contribution in [2.75, 3.05) is 31.1 Å². The standard InChI is InChI=1S/C24H19F3N6O2/c1-14-19(22(34)32-7-9-33(10-8-32)23-30-15(2)35-31-23)11-17(12-28)21(20(14)13-29)16-3-5-18(6-4-16)24(25,26)27/h3-6,11H,7-10H2,1-2H3. The van der Waals surface area contributed by atoms with Crippen LogP contribution in [0.1, 0.15) is 38.5 Å². The summed E-state index contributed by atoms with van der Waals surface area (Å²) in [6.45, 7) is 4.98. The van der Waals surface area contributed by atoms with Crippen LogP contribution in [-0.4, -0.2) is 47.1 Å². The minimum atomic E-state index is -4.51. The molecule has 4 rings (SSSR count). The molecule has 1 aliphatic rings. The molecular formula is C24H19F3N6O2. The van der Waals surface area contributed by atoms with E-state index in [1.165, 1.54) is 18.2 Å². The number of nitrogens with zero attached hydrogens (tertiary/aromatic N) is 6. The highest BCUT2D eigenvalue weighted by Gasteiger charge is 2.31. The number of hydrogen-bond acceptors (Lipinski definition) is 7. The smallest absolute Gasteiger partial charge is 0.338 e. The van der Waals surface area contributed by atoms with Gasteiger partial charge in [0, 0.05) is 44.2 Å². The fraction of sp³-hybridized carbons (Fsp3) is 0.292. The molecule has 0 N–H and O–H groups in total. The second-order valence-corrected chi connectivity index (χ2v) is 8.04. The number of amides is 1. The number of benzene rings is 2. The molecule has 3 aromatic rings. The van der Waals surface area contributed by atoms with Crippen LogP contribution in [0.25, 0.3) is 11.1 Å². The number of hydrogen-bond donors (Lipinski definition) is 0. The molecule has 0 atom stereocenters. The zero-order valence-electron chi connectivity index (χ0n) is 18.8. The number of rotatable bonds is 3. The lowest BCUT2D eigenvalue weighted by atomic mass is 9.88. The summed E-state index contributed by atoms with van der Waals surface area (Å²) in [4.78, 5) is 21.0. The molecule has 8 nitrogen and oxygen atoms in total. The first-order valence-corrected chi connectivity index (χ1v) is 10.6. The Morgan fingerprint density at radius 1 is 1.06 bits per heavy atom. The molecule has 0 aliphatic carbocycles. The topological polar surface area (TPSA) is 110 Å². The van der Waals surface area contributed by atoms with Crippen LogP contribution in [-0.2, 0) is 6.18 Å². The lowest BCUT2D eigenvalue weighted by Gasteiger charge is -2.34. The third kappa shape index (κ3) is 4.53. The number of piperazine rings is 1. The van der Waals surface area contributed by atoms with Crippen LogP contribution < -0.4 is 4.90 Å². The van der Waals surface area contributed by atoms with Crippen LogP contribution in [0.3, 0.4) is 0 Å². The normalized spacial score (nSPS) is 13.9. The first-order chi connectivity index (χ1) is 16.6. The van der Waals surface area contributed by atoms with Gasteiger partial charge in [0.25, 0.3) is 11.9 Å². The van der Waals surface area contributed by atoms with Gasteiger partial charge in [-0.15, -0.1) is 0 Å². The Bertz CT molecular complexity index is 1360. The van der Waals surface area contributed by atoms with E-state index < -0.39 is 11.7 Å². The summed E-state index contributed by atoms with van der Waals surface area (Å²) in [7, 11) is 0. The molecule has 0 spiro atoms. The Hall–Kier alpha value is -4.38. The van der Waals surface area contributed by atoms with Crippen LogP contribution in [0, 0.1) is 36.5 Å². The fourth-order valence-electron chi connectivity index (χ4n) is 4.05. The molecule has 1 fully saturated rings. The van der Waals surface area contributed by atoms with Crippen LogP contribution in [0.5, 0.6) is 0 Å². The van der Waals surface area contributed by atoms with Gasteiger partial charge in [0.1, 0.15) is 6.07 Å². The predicted molar refractivity (Wildman–Crippen MR) is 118 cm³/mol. The van der Waals surface area contributed by atoms with Crippen molar-refractivity contribution in [1.29, 1.82) is 10.5 Å². The Balaban J connectivity index is 1.64. The number of alkyl halides is 3. The molecule has 0 unspecified atom stereocenters. The van der Waals surface area contributed by atoms with E-state index in [1.54, 1.807) is 18.7 Å². The summed E-state index contributed by atoms with van der Waals surface area (Å²) in [5.41, 5.74) is 0.341. The molecule has 1 aliphatic heterocycles. The van der Waals surface area contributed by atoms with Gasteiger partial charge in [-0.25, -0.2) is 0 Å². The molecule has 178 valence electrons. The molecule has 35 heavy (non-hydrogen) atoms. The van der Waals surface area contributed by atoms with Gasteiger partial charge in [0.2, 0.25) is 5.89 Å². The minimum absolute atomic E-state index is 0.0381. The summed E-state index contributed by atoms with van der Waals surface area (Å²) in [6.07, 6.45) is -4.51. The van der Waals surface area contributed by atoms with Gasteiger partial charge in [-0.1, -0.05) is 12.1 Å². The zero-order chi connectivity index (χ0) is 25.3. The van der Waals surface area contributed by atoms with Crippen LogP contribution in [0.2, 0.25) is 0 Å². The van der Waals surface area contributed by atoms with E-state index in [0.717, 1.165) is 12.1 Å². The largest absolute Gasteiger partial charge is 0.416 e. The number of halogens is 3. The number of anilines is 1. The third-order valence-corrected chi connectivity index (χ3v) is 5.92. The van der Waals surface area contributed by atoms with Crippen LogP contribution >= 0.6 is 0 Å². The van der Waals surface area contributed by atoms with Crippen molar-refractivity contribution in [1.82, 2.24) is 15.0 Å². The number of carbonyl (C=O) groups is 1. The average molecular weight is 480 g/mol. The molecule has 0 radical (unpaired) electrons. The van der Waals surface area contributed by atoms with Gasteiger partial charge >= 0.3 is 6.18 Å². The Morgan fingerprint density at radius 2 is 1.71 bits per heavy atom. The summed E-state index contributed by atoms with van der Waals surface area (Å²) in [5, 5.41) is 23.5. The zero-order valence-corrected chi connectivity index (χ0v) is 18.8. The van der Waals surface area contributed by atoms with E-state index in [9.17, 15) is 28.5 Å². The molecule has 0 saturated carbocycles. The monoisotopic (exact) mass is 480 g/mol. The quantitative estimate of drug-likeness (QED) is 0.556. The van der Waals surface area contributed by atoms with Crippen molar-refractivity contribution in [3.63, 3.8) is 0 Å². The summed E-state index contributed by atoms with van der Waals surface area (Å²) < 4.78 is 43.9. The highest BCUT2D eigenvalue weighted by atomic mass is 19.4. The Morgan fingerprint density at radius 3 is 2.23 bits per heavy atom. The molecule has 1 amide bonds. The highest BCUT2D eigenvalue weighted by Crippen LogP contribution is 2.35. The molecule has 0 bridgehead atoms. The van der Waals surface area contributed by atoms with Gasteiger partial charge in [0.05, 0.1) is 22.8 Å². The molecular weight excluding hydrogens is 461 g/mol. The van der Waals surface area contributed by atoms with E-state index in [1.807, 2.05) is 17.0 Å². The van der Waals surface area contributed by atoms with Gasteiger partial charge in [-0.2, -0.15) is 28.7 Å². The highest BCUT2D eigenvalue weighted by molar-refractivity contribution is 5.98. The maximum atomic E-state index is 13.3. The molecule has 2 aromatic carbocycles. The lowest BCUT2D eigenvalue weighted by molar-refractivity contribution is -0.137. The molecule has 1 aromatic heterocycles. The van der Waals surface area contributed by atoms with Crippen molar-refractivity contribution in [2.24, 2.45) is 0 Å². The van der Waals surface area contributed by atoms with Crippen molar-refractivity contribution in [3.05, 3.63) is 64.0 Å². The number of aryl methyl sites for hydroxylation is 1. The minimum Gasteiger partial charge on any atom is -0.338 e. The fourth-order valence-corrected chi connectivity index (χ4v) is 4.05. The van der Waals surface area contributed by atoms with Crippen molar-refractivity contribution in [2.45, 2.75) is 20.0 Å². The Labute approximate surface area is 198 Å². The maximum Gasteiger partial charge on any atom is 0.416 e. The van der Waals surface area contributed by atoms with Crippen molar-refractivity contribution < 1.29 is 22.5 Å². The van der Waals surface area contributed by atoms with E-state index in [-0.39, 0.29) is 33.7 Å². The SMILES string of the molecule is Cc1nc(N2CCN(C(=O)c3cc(C#N)c(-c4ccc(C(F)(F)F)cc4)c(C#N)c3C)CC2)no1. The number of aromatic nitrogens is 2. The van der Waals surface area contributed by atoms with Crippen LogP contribution in [0.15, 0.2) is 34.9 Å². The summed E-state index contributed by atoms with van der Waals surface area (Å²) >= 11 is 0. The summed E-state index contributed by atoms with van der Waals surface area (Å²) in [6, 6.07) is 9.67. The van der Waals surface area contributed by atoms with Gasteiger partial charge < -0.3 is 14.3 Å². The second-order valence-electron chi connectivity index (χ2n) is 8.04. The lowest BCUT2D eigenvalue weighted by Crippen LogP contribution is -2.49. The average Bonchev–Trinajstić information content (AvgIpc) is 3.29. The van der Waals surface area contributed by atoms with E-state index in [0.29, 0.717) is 43.6 Å². The number of nitriles is 2. The van der Waals surface area contributed by atoms with Crippen molar-refractivity contribution in [3.8, 4) is 23.3 Å². The molecule has 1 saturated heterocycles. The second kappa shape index (κ2) is 9.11. The van der Waals surface area contributed by atoms with Gasteiger partial charge in [0.15, 0.2) is 0 Å². The maximum absolute atomic E-state index is 13.3. The van der Waals surface area contributed by atoms with Crippen molar-refractivity contribution >= 4 is 11.9 Å². The number of carbonyl (C=O) groups excluding carboxylic acids is 1. The first kappa shape index (κ1) is 23.8. The van der Waals surface area contributed by atoms with Gasteiger partial charge in [-0.05, 0) is 41.4 Å². The predicted octanol–water partition coefficient (Wildman–Crippen LogP) is 4.08. The van der Waals surface area contributed by atoms with Crippen LogP contribution in [0.4, 0.5) is 19.1 Å². The van der Waals surface area contributed by atoms with Gasteiger partial charge in [-0.3, -0.25) is 4.79 Å². The van der Waals surface area contributed by atoms with E-state index in [2.05, 4.69) is 10.1 Å². The Kier molecular flexibility index (Phi) is 6.18. The molecule has 11 heteroatoms.